The Morgan fingerprint density at radius 3 is 2.39 bits per heavy atom. The molecule has 1 saturated carbocycles. The van der Waals surface area contributed by atoms with E-state index in [9.17, 15) is 0 Å². The SMILES string of the molecule is Cc1ccc(NC2(c3nnnn3[C@H](/C=C/c3ccc(Cl)cc3Cl)C(C)(C)C)CCCC2)cc1. The predicted octanol–water partition coefficient (Wildman–Crippen LogP) is 7.47. The Morgan fingerprint density at radius 1 is 1.06 bits per heavy atom. The molecule has 0 aliphatic heterocycles. The maximum Gasteiger partial charge on any atom is 0.177 e. The summed E-state index contributed by atoms with van der Waals surface area (Å²) in [5.74, 6) is 0.882. The quantitative estimate of drug-likeness (QED) is 0.394. The zero-order chi connectivity index (χ0) is 23.6. The third-order valence-electron chi connectivity index (χ3n) is 6.38. The van der Waals surface area contributed by atoms with Gasteiger partial charge in [-0.25, -0.2) is 4.68 Å². The molecule has 4 rings (SSSR count). The minimum Gasteiger partial charge on any atom is -0.373 e. The Kier molecular flexibility index (Phi) is 6.83. The first-order valence-corrected chi connectivity index (χ1v) is 12.2. The standard InChI is InChI=1S/C26H31Cl2N5/c1-18-7-12-21(13-8-18)29-26(15-5-6-16-26)24-30-31-32-33(24)23(25(2,3)4)14-10-19-9-11-20(27)17-22(19)28/h7-14,17,23,29H,5-6,15-16H2,1-4H3/b14-10+/t23-/m1/s1. The van der Waals surface area contributed by atoms with Crippen LogP contribution in [0.1, 0.15) is 69.4 Å². The highest BCUT2D eigenvalue weighted by Gasteiger charge is 2.42. The molecule has 5 nitrogen and oxygen atoms in total. The van der Waals surface area contributed by atoms with E-state index in [4.69, 9.17) is 23.2 Å². The van der Waals surface area contributed by atoms with Crippen molar-refractivity contribution in [3.05, 3.63) is 75.5 Å². The number of hydrogen-bond acceptors (Lipinski definition) is 4. The molecule has 174 valence electrons. The Bertz CT molecular complexity index is 1120. The van der Waals surface area contributed by atoms with E-state index in [2.05, 4.69) is 78.9 Å². The molecule has 33 heavy (non-hydrogen) atoms. The summed E-state index contributed by atoms with van der Waals surface area (Å²) in [4.78, 5) is 0. The van der Waals surface area contributed by atoms with Gasteiger partial charge >= 0.3 is 0 Å². The number of anilines is 1. The van der Waals surface area contributed by atoms with Crippen molar-refractivity contribution in [1.29, 1.82) is 0 Å². The van der Waals surface area contributed by atoms with Crippen LogP contribution in [0.15, 0.2) is 48.5 Å². The van der Waals surface area contributed by atoms with Gasteiger partial charge in [0.05, 0.1) is 11.6 Å². The van der Waals surface area contributed by atoms with E-state index < -0.39 is 0 Å². The molecule has 1 fully saturated rings. The molecule has 0 spiro atoms. The first-order valence-electron chi connectivity index (χ1n) is 11.4. The molecular weight excluding hydrogens is 453 g/mol. The van der Waals surface area contributed by atoms with Crippen molar-refractivity contribution < 1.29 is 0 Å². The Morgan fingerprint density at radius 2 is 1.76 bits per heavy atom. The van der Waals surface area contributed by atoms with Crippen molar-refractivity contribution in [3.8, 4) is 0 Å². The lowest BCUT2D eigenvalue weighted by Gasteiger charge is -2.35. The number of benzene rings is 2. The molecule has 1 atom stereocenters. The van der Waals surface area contributed by atoms with Crippen molar-refractivity contribution in [1.82, 2.24) is 20.2 Å². The highest BCUT2D eigenvalue weighted by Crippen LogP contribution is 2.43. The molecule has 0 amide bonds. The predicted molar refractivity (Wildman–Crippen MR) is 137 cm³/mol. The van der Waals surface area contributed by atoms with Crippen LogP contribution in [0.5, 0.6) is 0 Å². The van der Waals surface area contributed by atoms with Crippen LogP contribution < -0.4 is 5.32 Å². The number of allylic oxidation sites excluding steroid dienone is 1. The van der Waals surface area contributed by atoms with Crippen LogP contribution >= 0.6 is 23.2 Å². The summed E-state index contributed by atoms with van der Waals surface area (Å²) in [6.07, 6.45) is 8.44. The van der Waals surface area contributed by atoms with Crippen molar-refractivity contribution in [3.63, 3.8) is 0 Å². The largest absolute Gasteiger partial charge is 0.373 e. The minimum absolute atomic E-state index is 0.0634. The van der Waals surface area contributed by atoms with Gasteiger partial charge in [0.25, 0.3) is 0 Å². The molecule has 1 heterocycles. The van der Waals surface area contributed by atoms with Crippen molar-refractivity contribution in [2.45, 2.75) is 65.0 Å². The van der Waals surface area contributed by atoms with Gasteiger partial charge in [-0.3, -0.25) is 0 Å². The average Bonchev–Trinajstić information content (AvgIpc) is 3.41. The molecule has 0 unspecified atom stereocenters. The molecule has 1 aromatic heterocycles. The summed E-state index contributed by atoms with van der Waals surface area (Å²) in [6, 6.07) is 14.0. The first-order chi connectivity index (χ1) is 15.7. The maximum absolute atomic E-state index is 6.42. The second-order valence-electron chi connectivity index (χ2n) is 10.1. The number of rotatable bonds is 6. The number of hydrogen-bond donors (Lipinski definition) is 1. The van der Waals surface area contributed by atoms with Gasteiger partial charge in [-0.05, 0) is 65.4 Å². The van der Waals surface area contributed by atoms with E-state index in [0.29, 0.717) is 10.0 Å². The van der Waals surface area contributed by atoms with E-state index in [1.165, 1.54) is 5.56 Å². The normalized spacial score (nSPS) is 16.9. The summed E-state index contributed by atoms with van der Waals surface area (Å²) >= 11 is 12.5. The Balaban J connectivity index is 1.72. The third kappa shape index (κ3) is 5.25. The van der Waals surface area contributed by atoms with Crippen molar-refractivity contribution in [2.24, 2.45) is 5.41 Å². The lowest BCUT2D eigenvalue weighted by molar-refractivity contribution is 0.254. The van der Waals surface area contributed by atoms with Gasteiger partial charge in [0.15, 0.2) is 5.82 Å². The number of halogens is 2. The molecule has 2 aromatic carbocycles. The minimum atomic E-state index is -0.298. The lowest BCUT2D eigenvalue weighted by atomic mass is 9.85. The highest BCUT2D eigenvalue weighted by atomic mass is 35.5. The van der Waals surface area contributed by atoms with Crippen LogP contribution in [-0.4, -0.2) is 20.2 Å². The van der Waals surface area contributed by atoms with E-state index in [-0.39, 0.29) is 17.0 Å². The fourth-order valence-electron chi connectivity index (χ4n) is 4.56. The van der Waals surface area contributed by atoms with Gasteiger partial charge in [-0.15, -0.1) is 5.10 Å². The molecule has 3 aromatic rings. The topological polar surface area (TPSA) is 55.6 Å². The second kappa shape index (κ2) is 9.47. The summed E-state index contributed by atoms with van der Waals surface area (Å²) in [7, 11) is 0. The fraction of sp³-hybridized carbons (Fsp3) is 0.423. The Labute approximate surface area is 206 Å². The van der Waals surface area contributed by atoms with Crippen LogP contribution in [0.25, 0.3) is 6.08 Å². The van der Waals surface area contributed by atoms with Crippen molar-refractivity contribution >= 4 is 35.0 Å². The van der Waals surface area contributed by atoms with E-state index in [0.717, 1.165) is 42.8 Å². The molecule has 1 aliphatic rings. The third-order valence-corrected chi connectivity index (χ3v) is 6.95. The summed E-state index contributed by atoms with van der Waals surface area (Å²) in [6.45, 7) is 8.70. The monoisotopic (exact) mass is 483 g/mol. The molecular formula is C26H31Cl2N5. The summed E-state index contributed by atoms with van der Waals surface area (Å²) < 4.78 is 1.99. The number of nitrogens with one attached hydrogen (secondary N) is 1. The van der Waals surface area contributed by atoms with Gasteiger partial charge in [-0.1, -0.05) is 92.7 Å². The summed E-state index contributed by atoms with van der Waals surface area (Å²) in [5, 5.41) is 18.2. The van der Waals surface area contributed by atoms with Crippen LogP contribution in [0, 0.1) is 12.3 Å². The van der Waals surface area contributed by atoms with E-state index in [1.54, 1.807) is 6.07 Å². The molecule has 0 radical (unpaired) electrons. The first kappa shape index (κ1) is 23.8. The zero-order valence-corrected chi connectivity index (χ0v) is 21.2. The van der Waals surface area contributed by atoms with E-state index in [1.807, 2.05) is 22.9 Å². The smallest absolute Gasteiger partial charge is 0.177 e. The van der Waals surface area contributed by atoms with Crippen molar-refractivity contribution in [2.75, 3.05) is 5.32 Å². The molecule has 1 N–H and O–H groups in total. The van der Waals surface area contributed by atoms with Gasteiger partial charge < -0.3 is 5.32 Å². The Hall–Kier alpha value is -2.37. The number of aryl methyl sites for hydroxylation is 1. The van der Waals surface area contributed by atoms with Crippen LogP contribution in [0.2, 0.25) is 10.0 Å². The van der Waals surface area contributed by atoms with Gasteiger partial charge in [0, 0.05) is 15.7 Å². The van der Waals surface area contributed by atoms with E-state index >= 15 is 0 Å². The maximum atomic E-state index is 6.42. The molecule has 7 heteroatoms. The van der Waals surface area contributed by atoms with Crippen LogP contribution in [0.4, 0.5) is 5.69 Å². The van der Waals surface area contributed by atoms with Crippen LogP contribution in [-0.2, 0) is 5.54 Å². The summed E-state index contributed by atoms with van der Waals surface area (Å²) in [5.41, 5.74) is 2.83. The van der Waals surface area contributed by atoms with Gasteiger partial charge in [0.2, 0.25) is 0 Å². The average molecular weight is 484 g/mol. The highest BCUT2D eigenvalue weighted by molar-refractivity contribution is 6.35. The van der Waals surface area contributed by atoms with Gasteiger partial charge in [0.1, 0.15) is 0 Å². The molecule has 0 saturated heterocycles. The second-order valence-corrected chi connectivity index (χ2v) is 10.9. The number of aromatic nitrogens is 4. The lowest BCUT2D eigenvalue weighted by Crippen LogP contribution is -2.38. The fourth-order valence-corrected chi connectivity index (χ4v) is 5.03. The van der Waals surface area contributed by atoms with Crippen LogP contribution in [0.3, 0.4) is 0 Å². The zero-order valence-electron chi connectivity index (χ0n) is 19.6. The molecule has 0 bridgehead atoms. The van der Waals surface area contributed by atoms with Gasteiger partial charge in [-0.2, -0.15) is 0 Å². The number of nitrogens with zero attached hydrogens (tertiary/aromatic N) is 4. The molecule has 1 aliphatic carbocycles. The number of tetrazole rings is 1.